The monoisotopic (exact) mass is 257 g/mol. The maximum atomic E-state index is 9.21. The molecule has 20 heavy (non-hydrogen) atoms. The van der Waals surface area contributed by atoms with Crippen LogP contribution in [0.4, 0.5) is 5.69 Å². The molecule has 2 aromatic rings. The van der Waals surface area contributed by atoms with Crippen molar-refractivity contribution in [3.8, 4) is 23.3 Å². The molecule has 0 aromatic heterocycles. The number of nitrogens with two attached hydrogens (primary N) is 1. The second-order valence-corrected chi connectivity index (χ2v) is 4.83. The van der Waals surface area contributed by atoms with E-state index in [-0.39, 0.29) is 5.57 Å². The molecule has 0 fully saturated rings. The zero-order valence-electron chi connectivity index (χ0n) is 10.9. The second kappa shape index (κ2) is 4.26. The number of nitrogen functional groups attached to an aromatic ring is 1. The van der Waals surface area contributed by atoms with Gasteiger partial charge in [-0.15, -0.1) is 0 Å². The van der Waals surface area contributed by atoms with Crippen molar-refractivity contribution < 1.29 is 0 Å². The van der Waals surface area contributed by atoms with Crippen LogP contribution in [0.5, 0.6) is 0 Å². The Hall–Kier alpha value is -3.04. The van der Waals surface area contributed by atoms with Gasteiger partial charge in [-0.2, -0.15) is 10.5 Å². The van der Waals surface area contributed by atoms with Crippen LogP contribution < -0.4 is 5.73 Å². The van der Waals surface area contributed by atoms with Gasteiger partial charge in [-0.1, -0.05) is 29.8 Å². The van der Waals surface area contributed by atoms with Crippen LogP contribution >= 0.6 is 0 Å². The predicted octanol–water partition coefficient (Wildman–Crippen LogP) is 3.41. The average molecular weight is 257 g/mol. The third kappa shape index (κ3) is 1.58. The molecule has 0 spiro atoms. The van der Waals surface area contributed by atoms with Crippen molar-refractivity contribution in [1.82, 2.24) is 0 Å². The summed E-state index contributed by atoms with van der Waals surface area (Å²) >= 11 is 0. The first-order chi connectivity index (χ1) is 9.65. The van der Waals surface area contributed by atoms with Crippen LogP contribution in [0, 0.1) is 29.6 Å². The lowest BCUT2D eigenvalue weighted by atomic mass is 9.98. The maximum absolute atomic E-state index is 9.21. The summed E-state index contributed by atoms with van der Waals surface area (Å²) in [5.41, 5.74) is 12.3. The molecular formula is C17H11N3. The topological polar surface area (TPSA) is 73.6 Å². The summed E-state index contributed by atoms with van der Waals surface area (Å²) < 4.78 is 0. The van der Waals surface area contributed by atoms with Crippen molar-refractivity contribution in [2.24, 2.45) is 0 Å². The van der Waals surface area contributed by atoms with Gasteiger partial charge in [0.15, 0.2) is 0 Å². The zero-order valence-corrected chi connectivity index (χ0v) is 10.9. The number of hydrogen-bond donors (Lipinski definition) is 1. The Morgan fingerprint density at radius 1 is 0.900 bits per heavy atom. The molecule has 3 rings (SSSR count). The number of hydrogen-bond acceptors (Lipinski definition) is 3. The minimum absolute atomic E-state index is 0.126. The standard InChI is InChI=1S/C17H11N3/c1-10-2-4-13-14-5-3-12(20)7-16(14)17(15(13)6-10)11(8-18)9-19/h2-7H,20H2,1H3. The molecule has 0 unspecified atom stereocenters. The van der Waals surface area contributed by atoms with Crippen LogP contribution in [-0.4, -0.2) is 0 Å². The summed E-state index contributed by atoms with van der Waals surface area (Å²) in [7, 11) is 0. The molecule has 0 radical (unpaired) electrons. The SMILES string of the molecule is Cc1ccc2c(c1)C(=C(C#N)C#N)c1cc(N)ccc1-2. The molecule has 2 aromatic carbocycles. The van der Waals surface area contributed by atoms with E-state index in [1.807, 2.05) is 55.5 Å². The lowest BCUT2D eigenvalue weighted by molar-refractivity contribution is 1.44. The molecule has 2 N–H and O–H groups in total. The number of nitriles is 2. The van der Waals surface area contributed by atoms with Crippen molar-refractivity contribution in [1.29, 1.82) is 10.5 Å². The first-order valence-corrected chi connectivity index (χ1v) is 6.21. The van der Waals surface area contributed by atoms with Crippen LogP contribution in [0.1, 0.15) is 16.7 Å². The zero-order chi connectivity index (χ0) is 14.3. The lowest BCUT2D eigenvalue weighted by Gasteiger charge is -2.03. The molecule has 0 saturated heterocycles. The molecule has 0 saturated carbocycles. The summed E-state index contributed by atoms with van der Waals surface area (Å²) in [5.74, 6) is 0. The average Bonchev–Trinajstić information content (AvgIpc) is 2.74. The van der Waals surface area contributed by atoms with Gasteiger partial charge in [0.2, 0.25) is 0 Å². The van der Waals surface area contributed by atoms with E-state index in [1.165, 1.54) is 0 Å². The molecule has 0 bridgehead atoms. The number of aryl methyl sites for hydroxylation is 1. The van der Waals surface area contributed by atoms with Gasteiger partial charge in [-0.05, 0) is 41.3 Å². The molecular weight excluding hydrogens is 246 g/mol. The highest BCUT2D eigenvalue weighted by molar-refractivity contribution is 6.04. The third-order valence-corrected chi connectivity index (χ3v) is 3.52. The Balaban J connectivity index is 2.47. The first-order valence-electron chi connectivity index (χ1n) is 6.21. The Morgan fingerprint density at radius 2 is 1.50 bits per heavy atom. The Morgan fingerprint density at radius 3 is 2.15 bits per heavy atom. The smallest absolute Gasteiger partial charge is 0.138 e. The van der Waals surface area contributed by atoms with Crippen molar-refractivity contribution >= 4 is 11.3 Å². The number of fused-ring (bicyclic) bond motifs is 3. The van der Waals surface area contributed by atoms with E-state index in [1.54, 1.807) is 0 Å². The highest BCUT2D eigenvalue weighted by atomic mass is 14.5. The van der Waals surface area contributed by atoms with Gasteiger partial charge in [0.25, 0.3) is 0 Å². The van der Waals surface area contributed by atoms with Gasteiger partial charge in [-0.3, -0.25) is 0 Å². The first kappa shape index (κ1) is 12.0. The van der Waals surface area contributed by atoms with E-state index >= 15 is 0 Å². The molecule has 1 aliphatic carbocycles. The Labute approximate surface area is 117 Å². The van der Waals surface area contributed by atoms with Crippen LogP contribution in [0.2, 0.25) is 0 Å². The predicted molar refractivity (Wildman–Crippen MR) is 78.3 cm³/mol. The van der Waals surface area contributed by atoms with Gasteiger partial charge >= 0.3 is 0 Å². The van der Waals surface area contributed by atoms with E-state index in [2.05, 4.69) is 0 Å². The van der Waals surface area contributed by atoms with E-state index in [0.29, 0.717) is 11.3 Å². The van der Waals surface area contributed by atoms with Crippen molar-refractivity contribution in [2.75, 3.05) is 5.73 Å². The fraction of sp³-hybridized carbons (Fsp3) is 0.0588. The molecule has 3 nitrogen and oxygen atoms in total. The van der Waals surface area contributed by atoms with E-state index < -0.39 is 0 Å². The number of nitrogens with zero attached hydrogens (tertiary/aromatic N) is 2. The summed E-state index contributed by atoms with van der Waals surface area (Å²) in [6.07, 6.45) is 0. The highest BCUT2D eigenvalue weighted by Gasteiger charge is 2.26. The lowest BCUT2D eigenvalue weighted by Crippen LogP contribution is -1.90. The number of benzene rings is 2. The summed E-state index contributed by atoms with van der Waals surface area (Å²) in [6.45, 7) is 1.99. The van der Waals surface area contributed by atoms with Crippen molar-refractivity contribution in [2.45, 2.75) is 6.92 Å². The number of rotatable bonds is 0. The molecule has 0 heterocycles. The Kier molecular flexibility index (Phi) is 2.56. The van der Waals surface area contributed by atoms with E-state index in [9.17, 15) is 10.5 Å². The normalized spacial score (nSPS) is 11.2. The van der Waals surface area contributed by atoms with Gasteiger partial charge in [0, 0.05) is 11.3 Å². The Bertz CT molecular complexity index is 776. The van der Waals surface area contributed by atoms with Crippen molar-refractivity contribution in [3.63, 3.8) is 0 Å². The molecule has 0 atom stereocenters. The van der Waals surface area contributed by atoms with Crippen LogP contribution in [0.15, 0.2) is 42.0 Å². The second-order valence-electron chi connectivity index (χ2n) is 4.83. The van der Waals surface area contributed by atoms with Crippen LogP contribution in [0.3, 0.4) is 0 Å². The molecule has 0 amide bonds. The van der Waals surface area contributed by atoms with Crippen LogP contribution in [0.25, 0.3) is 16.7 Å². The minimum Gasteiger partial charge on any atom is -0.399 e. The summed E-state index contributed by atoms with van der Waals surface area (Å²) in [4.78, 5) is 0. The van der Waals surface area contributed by atoms with Crippen molar-refractivity contribution in [3.05, 3.63) is 58.7 Å². The molecule has 1 aliphatic rings. The summed E-state index contributed by atoms with van der Waals surface area (Å²) in [5, 5.41) is 18.4. The molecule has 94 valence electrons. The van der Waals surface area contributed by atoms with Gasteiger partial charge in [0.05, 0.1) is 0 Å². The number of allylic oxidation sites excluding steroid dienone is 1. The van der Waals surface area contributed by atoms with Gasteiger partial charge in [0.1, 0.15) is 17.7 Å². The quantitative estimate of drug-likeness (QED) is 0.495. The third-order valence-electron chi connectivity index (χ3n) is 3.52. The largest absolute Gasteiger partial charge is 0.399 e. The molecule has 3 heteroatoms. The molecule has 0 aliphatic heterocycles. The minimum atomic E-state index is 0.126. The van der Waals surface area contributed by atoms with E-state index in [4.69, 9.17) is 5.73 Å². The fourth-order valence-corrected chi connectivity index (χ4v) is 2.65. The maximum Gasteiger partial charge on any atom is 0.138 e. The van der Waals surface area contributed by atoms with Crippen LogP contribution in [-0.2, 0) is 0 Å². The number of anilines is 1. The summed E-state index contributed by atoms with van der Waals surface area (Å²) in [6, 6.07) is 15.7. The van der Waals surface area contributed by atoms with E-state index in [0.717, 1.165) is 27.8 Å². The highest BCUT2D eigenvalue weighted by Crippen LogP contribution is 2.46. The van der Waals surface area contributed by atoms with Gasteiger partial charge < -0.3 is 5.73 Å². The van der Waals surface area contributed by atoms with Gasteiger partial charge in [-0.25, -0.2) is 0 Å². The fourth-order valence-electron chi connectivity index (χ4n) is 2.65.